The largest absolute Gasteiger partial charge is 0.341 e. The smallest absolute Gasteiger partial charge is 0.226 e. The lowest BCUT2D eigenvalue weighted by atomic mass is 10.1. The number of nitrogens with zero attached hydrogens (tertiary/aromatic N) is 2. The van der Waals surface area contributed by atoms with E-state index in [2.05, 4.69) is 15.5 Å². The molecule has 1 amide bonds. The molecule has 5 heteroatoms. The third kappa shape index (κ3) is 3.66. The molecule has 16 heavy (non-hydrogen) atoms. The van der Waals surface area contributed by atoms with Crippen molar-refractivity contribution < 1.29 is 4.79 Å². The predicted octanol–water partition coefficient (Wildman–Crippen LogP) is 0.614. The highest BCUT2D eigenvalue weighted by Crippen LogP contribution is 2.05. The monoisotopic (exact) mass is 224 g/mol. The fourth-order valence-corrected chi connectivity index (χ4v) is 1.54. The van der Waals surface area contributed by atoms with Gasteiger partial charge in [-0.1, -0.05) is 13.8 Å². The Labute approximate surface area is 96.2 Å². The van der Waals surface area contributed by atoms with E-state index in [0.29, 0.717) is 6.54 Å². The third-order valence-electron chi connectivity index (χ3n) is 2.47. The molecule has 1 aromatic heterocycles. The summed E-state index contributed by atoms with van der Waals surface area (Å²) < 4.78 is 0. The topological polar surface area (TPSA) is 61.0 Å². The maximum Gasteiger partial charge on any atom is 0.226 e. The van der Waals surface area contributed by atoms with Gasteiger partial charge in [0.25, 0.3) is 0 Å². The van der Waals surface area contributed by atoms with Crippen molar-refractivity contribution in [2.45, 2.75) is 20.4 Å². The van der Waals surface area contributed by atoms with Gasteiger partial charge in [-0.05, 0) is 6.54 Å². The minimum atomic E-state index is 0.0110. The summed E-state index contributed by atoms with van der Waals surface area (Å²) in [5.74, 6) is 0.166. The van der Waals surface area contributed by atoms with Crippen LogP contribution in [0.25, 0.3) is 0 Å². The molecule has 0 aliphatic carbocycles. The molecule has 0 saturated heterocycles. The molecule has 90 valence electrons. The van der Waals surface area contributed by atoms with Crippen LogP contribution in [0.2, 0.25) is 0 Å². The van der Waals surface area contributed by atoms with Gasteiger partial charge in [-0.2, -0.15) is 5.10 Å². The van der Waals surface area contributed by atoms with Gasteiger partial charge in [-0.25, -0.2) is 0 Å². The van der Waals surface area contributed by atoms with Crippen LogP contribution >= 0.6 is 0 Å². The first kappa shape index (κ1) is 12.7. The molecule has 0 bridgehead atoms. The zero-order valence-corrected chi connectivity index (χ0v) is 10.2. The molecule has 0 saturated carbocycles. The zero-order valence-electron chi connectivity index (χ0n) is 10.2. The average molecular weight is 224 g/mol. The summed E-state index contributed by atoms with van der Waals surface area (Å²) in [6.07, 6.45) is 3.54. The number of aromatic amines is 1. The minimum absolute atomic E-state index is 0.0110. The Hall–Kier alpha value is -1.36. The van der Waals surface area contributed by atoms with Crippen molar-refractivity contribution in [2.75, 3.05) is 20.1 Å². The summed E-state index contributed by atoms with van der Waals surface area (Å²) in [5.41, 5.74) is 1.02. The molecule has 0 aliphatic heterocycles. The quantitative estimate of drug-likeness (QED) is 0.744. The van der Waals surface area contributed by atoms with Crippen LogP contribution in [0.5, 0.6) is 0 Å². The molecule has 1 heterocycles. The van der Waals surface area contributed by atoms with E-state index < -0.39 is 0 Å². The van der Waals surface area contributed by atoms with Crippen molar-refractivity contribution in [3.8, 4) is 0 Å². The fraction of sp³-hybridized carbons (Fsp3) is 0.636. The van der Waals surface area contributed by atoms with Crippen LogP contribution in [-0.2, 0) is 11.3 Å². The number of H-pyrrole nitrogens is 1. The first-order chi connectivity index (χ1) is 7.65. The maximum atomic E-state index is 11.9. The van der Waals surface area contributed by atoms with Crippen molar-refractivity contribution in [1.29, 1.82) is 0 Å². The molecule has 0 aromatic carbocycles. The molecule has 5 nitrogen and oxygen atoms in total. The number of carbonyl (C=O) groups excluding carboxylic acids is 1. The van der Waals surface area contributed by atoms with E-state index in [0.717, 1.165) is 18.7 Å². The normalized spacial score (nSPS) is 12.4. The first-order valence-electron chi connectivity index (χ1n) is 5.58. The number of aromatic nitrogens is 2. The summed E-state index contributed by atoms with van der Waals surface area (Å²) in [4.78, 5) is 13.7. The number of hydrogen-bond acceptors (Lipinski definition) is 3. The second-order valence-corrected chi connectivity index (χ2v) is 4.01. The Morgan fingerprint density at radius 1 is 1.69 bits per heavy atom. The average Bonchev–Trinajstić information content (AvgIpc) is 2.77. The Morgan fingerprint density at radius 2 is 2.44 bits per heavy atom. The molecule has 0 aliphatic rings. The van der Waals surface area contributed by atoms with Crippen LogP contribution in [-0.4, -0.2) is 41.1 Å². The highest BCUT2D eigenvalue weighted by molar-refractivity contribution is 5.78. The Bertz CT molecular complexity index is 310. The molecule has 1 unspecified atom stereocenters. The lowest BCUT2D eigenvalue weighted by molar-refractivity contribution is -0.134. The molecule has 1 atom stereocenters. The Kier molecular flexibility index (Phi) is 4.98. The van der Waals surface area contributed by atoms with Gasteiger partial charge in [0.05, 0.1) is 6.20 Å². The van der Waals surface area contributed by atoms with Crippen LogP contribution < -0.4 is 5.32 Å². The van der Waals surface area contributed by atoms with Crippen LogP contribution in [0.4, 0.5) is 0 Å². The van der Waals surface area contributed by atoms with Crippen LogP contribution in [0.15, 0.2) is 12.4 Å². The molecule has 2 N–H and O–H groups in total. The molecular formula is C11H20N4O. The SMILES string of the molecule is CCNCC(C)C(=O)N(C)Cc1cn[nH]c1. The van der Waals surface area contributed by atoms with E-state index in [-0.39, 0.29) is 11.8 Å². The van der Waals surface area contributed by atoms with E-state index >= 15 is 0 Å². The van der Waals surface area contributed by atoms with Gasteiger partial charge < -0.3 is 10.2 Å². The summed E-state index contributed by atoms with van der Waals surface area (Å²) in [7, 11) is 1.82. The Morgan fingerprint density at radius 3 is 3.00 bits per heavy atom. The lowest BCUT2D eigenvalue weighted by Gasteiger charge is -2.20. The summed E-state index contributed by atoms with van der Waals surface area (Å²) in [5, 5.41) is 9.77. The van der Waals surface area contributed by atoms with Gasteiger partial charge in [0.15, 0.2) is 0 Å². The van der Waals surface area contributed by atoms with Gasteiger partial charge in [-0.15, -0.1) is 0 Å². The van der Waals surface area contributed by atoms with Gasteiger partial charge in [-0.3, -0.25) is 9.89 Å². The van der Waals surface area contributed by atoms with E-state index in [1.807, 2.05) is 20.9 Å². The molecular weight excluding hydrogens is 204 g/mol. The fourth-order valence-electron chi connectivity index (χ4n) is 1.54. The number of hydrogen-bond donors (Lipinski definition) is 2. The van der Waals surface area contributed by atoms with Crippen LogP contribution in [0.3, 0.4) is 0 Å². The van der Waals surface area contributed by atoms with Crippen molar-refractivity contribution in [3.63, 3.8) is 0 Å². The third-order valence-corrected chi connectivity index (χ3v) is 2.47. The van der Waals surface area contributed by atoms with Crippen molar-refractivity contribution >= 4 is 5.91 Å². The molecule has 0 radical (unpaired) electrons. The van der Waals surface area contributed by atoms with Crippen molar-refractivity contribution in [1.82, 2.24) is 20.4 Å². The minimum Gasteiger partial charge on any atom is -0.341 e. The van der Waals surface area contributed by atoms with Gasteiger partial charge in [0, 0.05) is 37.8 Å². The number of amides is 1. The summed E-state index contributed by atoms with van der Waals surface area (Å²) in [6.45, 7) is 6.20. The van der Waals surface area contributed by atoms with E-state index in [4.69, 9.17) is 0 Å². The van der Waals surface area contributed by atoms with Crippen molar-refractivity contribution in [3.05, 3.63) is 18.0 Å². The maximum absolute atomic E-state index is 11.9. The van der Waals surface area contributed by atoms with Crippen molar-refractivity contribution in [2.24, 2.45) is 5.92 Å². The Balaban J connectivity index is 2.41. The number of rotatable bonds is 6. The van der Waals surface area contributed by atoms with Crippen LogP contribution in [0, 0.1) is 5.92 Å². The second-order valence-electron chi connectivity index (χ2n) is 4.01. The van der Waals surface area contributed by atoms with Gasteiger partial charge in [0.2, 0.25) is 5.91 Å². The van der Waals surface area contributed by atoms with E-state index in [1.165, 1.54) is 0 Å². The van der Waals surface area contributed by atoms with E-state index in [9.17, 15) is 4.79 Å². The molecule has 0 fully saturated rings. The number of nitrogens with one attached hydrogen (secondary N) is 2. The summed E-state index contributed by atoms with van der Waals surface area (Å²) in [6, 6.07) is 0. The van der Waals surface area contributed by atoms with Gasteiger partial charge >= 0.3 is 0 Å². The lowest BCUT2D eigenvalue weighted by Crippen LogP contribution is -2.36. The molecule has 1 rings (SSSR count). The standard InChI is InChI=1S/C11H20N4O/c1-4-12-5-9(2)11(16)15(3)8-10-6-13-14-7-10/h6-7,9,12H,4-5,8H2,1-3H3,(H,13,14). The van der Waals surface area contributed by atoms with E-state index in [1.54, 1.807) is 17.3 Å². The molecule has 0 spiro atoms. The van der Waals surface area contributed by atoms with Gasteiger partial charge in [0.1, 0.15) is 0 Å². The molecule has 1 aromatic rings. The zero-order chi connectivity index (χ0) is 12.0. The number of carbonyl (C=O) groups is 1. The predicted molar refractivity (Wildman–Crippen MR) is 62.8 cm³/mol. The van der Waals surface area contributed by atoms with Crippen LogP contribution in [0.1, 0.15) is 19.4 Å². The highest BCUT2D eigenvalue weighted by atomic mass is 16.2. The summed E-state index contributed by atoms with van der Waals surface area (Å²) >= 11 is 0. The second kappa shape index (κ2) is 6.27. The highest BCUT2D eigenvalue weighted by Gasteiger charge is 2.17. The first-order valence-corrected chi connectivity index (χ1v) is 5.58.